The monoisotopic (exact) mass is 305 g/mol. The van der Waals surface area contributed by atoms with Crippen molar-refractivity contribution in [1.82, 2.24) is 5.32 Å². The van der Waals surface area contributed by atoms with Gasteiger partial charge in [0.1, 0.15) is 6.61 Å². The maximum absolute atomic E-state index is 11.9. The van der Waals surface area contributed by atoms with Gasteiger partial charge in [0.2, 0.25) is 0 Å². The molecule has 5 heteroatoms. The van der Waals surface area contributed by atoms with Crippen LogP contribution < -0.4 is 5.32 Å². The van der Waals surface area contributed by atoms with Crippen LogP contribution in [-0.2, 0) is 20.9 Å². The Morgan fingerprint density at radius 1 is 1.32 bits per heavy atom. The summed E-state index contributed by atoms with van der Waals surface area (Å²) in [7, 11) is 1.34. The maximum Gasteiger partial charge on any atom is 0.407 e. The number of carbonyl (C=O) groups is 2. The van der Waals surface area contributed by atoms with Crippen LogP contribution in [-0.4, -0.2) is 25.2 Å². The first kappa shape index (κ1) is 17.8. The molecule has 1 amide bonds. The Labute approximate surface area is 131 Å². The average Bonchev–Trinajstić information content (AvgIpc) is 2.54. The predicted octanol–water partition coefficient (Wildman–Crippen LogP) is 3.06. The summed E-state index contributed by atoms with van der Waals surface area (Å²) in [5.74, 6) is -0.773. The molecule has 120 valence electrons. The Hall–Kier alpha value is -2.30. The van der Waals surface area contributed by atoms with Gasteiger partial charge in [-0.1, -0.05) is 43.3 Å². The minimum absolute atomic E-state index is 0.183. The van der Waals surface area contributed by atoms with Crippen molar-refractivity contribution in [2.45, 2.75) is 32.4 Å². The highest BCUT2D eigenvalue weighted by molar-refractivity contribution is 5.75. The summed E-state index contributed by atoms with van der Waals surface area (Å²) in [6.07, 6.45) is 2.13. The molecule has 1 aromatic carbocycles. The molecule has 0 fully saturated rings. The van der Waals surface area contributed by atoms with E-state index in [9.17, 15) is 9.59 Å². The van der Waals surface area contributed by atoms with Crippen molar-refractivity contribution in [3.8, 4) is 0 Å². The Morgan fingerprint density at radius 3 is 2.55 bits per heavy atom. The third kappa shape index (κ3) is 5.60. The Bertz CT molecular complexity index is 487. The fourth-order valence-corrected chi connectivity index (χ4v) is 2.19. The zero-order chi connectivity index (χ0) is 16.4. The van der Waals surface area contributed by atoms with Crippen molar-refractivity contribution >= 4 is 12.1 Å². The van der Waals surface area contributed by atoms with Crippen molar-refractivity contribution in [3.05, 3.63) is 48.6 Å². The second-order valence-corrected chi connectivity index (χ2v) is 4.87. The second kappa shape index (κ2) is 9.60. The van der Waals surface area contributed by atoms with Gasteiger partial charge in [0.05, 0.1) is 13.0 Å². The highest BCUT2D eigenvalue weighted by Crippen LogP contribution is 2.15. The van der Waals surface area contributed by atoms with Gasteiger partial charge in [-0.05, 0) is 18.4 Å². The third-order valence-electron chi connectivity index (χ3n) is 3.37. The normalized spacial score (nSPS) is 12.8. The lowest BCUT2D eigenvalue weighted by Gasteiger charge is -2.24. The summed E-state index contributed by atoms with van der Waals surface area (Å²) in [6, 6.07) is 9.00. The number of ether oxygens (including phenoxy) is 2. The Morgan fingerprint density at radius 2 is 2.00 bits per heavy atom. The quantitative estimate of drug-likeness (QED) is 0.592. The van der Waals surface area contributed by atoms with Crippen LogP contribution in [0.1, 0.15) is 25.3 Å². The fraction of sp³-hybridized carbons (Fsp3) is 0.412. The number of nitrogens with one attached hydrogen (secondary N) is 1. The molecule has 0 radical (unpaired) electrons. The minimum Gasteiger partial charge on any atom is -0.469 e. The molecule has 1 rings (SSSR count). The number of carbonyl (C=O) groups excluding carboxylic acids is 2. The van der Waals surface area contributed by atoms with Gasteiger partial charge in [0.25, 0.3) is 0 Å². The summed E-state index contributed by atoms with van der Waals surface area (Å²) in [5.41, 5.74) is 0.901. The molecule has 22 heavy (non-hydrogen) atoms. The summed E-state index contributed by atoms with van der Waals surface area (Å²) >= 11 is 0. The van der Waals surface area contributed by atoms with Crippen molar-refractivity contribution in [2.75, 3.05) is 7.11 Å². The van der Waals surface area contributed by atoms with Gasteiger partial charge < -0.3 is 14.8 Å². The second-order valence-electron chi connectivity index (χ2n) is 4.87. The van der Waals surface area contributed by atoms with Gasteiger partial charge in [0, 0.05) is 6.04 Å². The number of esters is 1. The molecule has 0 saturated carbocycles. The molecule has 0 aromatic heterocycles. The first-order valence-corrected chi connectivity index (χ1v) is 7.28. The number of alkyl carbamates (subject to hydrolysis) is 1. The van der Waals surface area contributed by atoms with E-state index < -0.39 is 18.1 Å². The SMILES string of the molecule is C=CC[C@@H](NC(=O)OCc1ccccc1)[C@@H](CC)C(=O)OC. The van der Waals surface area contributed by atoms with Crippen LogP contribution in [0.5, 0.6) is 0 Å². The summed E-state index contributed by atoms with van der Waals surface area (Å²) in [4.78, 5) is 23.7. The molecule has 0 spiro atoms. The molecular formula is C17H23NO4. The van der Waals surface area contributed by atoms with E-state index in [4.69, 9.17) is 9.47 Å². The van der Waals surface area contributed by atoms with E-state index >= 15 is 0 Å². The third-order valence-corrected chi connectivity index (χ3v) is 3.37. The Balaban J connectivity index is 2.59. The van der Waals surface area contributed by atoms with Crippen molar-refractivity contribution in [2.24, 2.45) is 5.92 Å². The van der Waals surface area contributed by atoms with E-state index in [1.807, 2.05) is 37.3 Å². The van der Waals surface area contributed by atoms with Gasteiger partial charge in [-0.2, -0.15) is 0 Å². The molecule has 0 aliphatic rings. The molecule has 0 aliphatic carbocycles. The highest BCUT2D eigenvalue weighted by Gasteiger charge is 2.28. The highest BCUT2D eigenvalue weighted by atomic mass is 16.5. The smallest absolute Gasteiger partial charge is 0.407 e. The Kier molecular flexibility index (Phi) is 7.75. The summed E-state index contributed by atoms with van der Waals surface area (Å²) in [5, 5.41) is 2.72. The molecule has 2 atom stereocenters. The van der Waals surface area contributed by atoms with Crippen LogP contribution in [0.3, 0.4) is 0 Å². The van der Waals surface area contributed by atoms with Gasteiger partial charge in [-0.3, -0.25) is 4.79 Å². The first-order valence-electron chi connectivity index (χ1n) is 7.28. The first-order chi connectivity index (χ1) is 10.6. The van der Waals surface area contributed by atoms with Crippen molar-refractivity contribution < 1.29 is 19.1 Å². The van der Waals surface area contributed by atoms with E-state index in [0.29, 0.717) is 12.8 Å². The minimum atomic E-state index is -0.557. The van der Waals surface area contributed by atoms with Crippen LogP contribution >= 0.6 is 0 Å². The van der Waals surface area contributed by atoms with Crippen molar-refractivity contribution in [1.29, 1.82) is 0 Å². The topological polar surface area (TPSA) is 64.6 Å². The van der Waals surface area contributed by atoms with Crippen LogP contribution in [0.25, 0.3) is 0 Å². The number of hydrogen-bond acceptors (Lipinski definition) is 4. The standard InChI is InChI=1S/C17H23NO4/c1-4-9-15(14(5-2)16(19)21-3)18-17(20)22-12-13-10-7-6-8-11-13/h4,6-8,10-11,14-15H,1,5,9,12H2,2-3H3,(H,18,20)/t14-,15-/m1/s1. The van der Waals surface area contributed by atoms with E-state index in [0.717, 1.165) is 5.56 Å². The van der Waals surface area contributed by atoms with Crippen molar-refractivity contribution in [3.63, 3.8) is 0 Å². The van der Waals surface area contributed by atoms with Crippen LogP contribution in [0.15, 0.2) is 43.0 Å². The van der Waals surface area contributed by atoms with Gasteiger partial charge >= 0.3 is 12.1 Å². The molecule has 5 nitrogen and oxygen atoms in total. The van der Waals surface area contributed by atoms with Gasteiger partial charge in [-0.25, -0.2) is 4.79 Å². The molecule has 1 aromatic rings. The molecule has 0 bridgehead atoms. The molecule has 0 saturated heterocycles. The number of amides is 1. The van der Waals surface area contributed by atoms with E-state index in [-0.39, 0.29) is 12.6 Å². The molecule has 0 heterocycles. The average molecular weight is 305 g/mol. The maximum atomic E-state index is 11.9. The molecule has 1 N–H and O–H groups in total. The summed E-state index contributed by atoms with van der Waals surface area (Å²) in [6.45, 7) is 5.71. The van der Waals surface area contributed by atoms with Gasteiger partial charge in [-0.15, -0.1) is 6.58 Å². The summed E-state index contributed by atoms with van der Waals surface area (Å²) < 4.78 is 9.95. The van der Waals surface area contributed by atoms with Crippen LogP contribution in [0.2, 0.25) is 0 Å². The zero-order valence-corrected chi connectivity index (χ0v) is 13.1. The number of benzene rings is 1. The molecular weight excluding hydrogens is 282 g/mol. The van der Waals surface area contributed by atoms with Crippen LogP contribution in [0, 0.1) is 5.92 Å². The largest absolute Gasteiger partial charge is 0.469 e. The number of hydrogen-bond donors (Lipinski definition) is 1. The number of rotatable bonds is 8. The lowest BCUT2D eigenvalue weighted by atomic mass is 9.94. The molecule has 0 aliphatic heterocycles. The zero-order valence-electron chi connectivity index (χ0n) is 13.1. The lowest BCUT2D eigenvalue weighted by molar-refractivity contribution is -0.146. The van der Waals surface area contributed by atoms with Crippen LogP contribution in [0.4, 0.5) is 4.79 Å². The van der Waals surface area contributed by atoms with E-state index in [2.05, 4.69) is 11.9 Å². The van der Waals surface area contributed by atoms with E-state index in [1.54, 1.807) is 6.08 Å². The van der Waals surface area contributed by atoms with E-state index in [1.165, 1.54) is 7.11 Å². The lowest BCUT2D eigenvalue weighted by Crippen LogP contribution is -2.43. The molecule has 0 unspecified atom stereocenters. The predicted molar refractivity (Wildman–Crippen MR) is 84.2 cm³/mol. The fourth-order valence-electron chi connectivity index (χ4n) is 2.19. The number of methoxy groups -OCH3 is 1. The van der Waals surface area contributed by atoms with Gasteiger partial charge in [0.15, 0.2) is 0 Å².